The Bertz CT molecular complexity index is 990. The fourth-order valence-electron chi connectivity index (χ4n) is 3.42. The Hall–Kier alpha value is -2.58. The first-order valence-electron chi connectivity index (χ1n) is 9.45. The van der Waals surface area contributed by atoms with Crippen LogP contribution in [-0.2, 0) is 10.0 Å². The minimum atomic E-state index is -3.79. The van der Waals surface area contributed by atoms with Crippen molar-refractivity contribution in [1.29, 1.82) is 0 Å². The predicted octanol–water partition coefficient (Wildman–Crippen LogP) is 2.55. The summed E-state index contributed by atoms with van der Waals surface area (Å²) in [7, 11) is -0.870. The molecule has 0 atom stereocenters. The number of hydrogen-bond acceptors (Lipinski definition) is 5. The zero-order valence-electron chi connectivity index (χ0n) is 16.9. The number of amides is 1. The summed E-state index contributed by atoms with van der Waals surface area (Å²) in [4.78, 5) is 14.6. The summed E-state index contributed by atoms with van der Waals surface area (Å²) >= 11 is 0. The number of rotatable bonds is 5. The van der Waals surface area contributed by atoms with Gasteiger partial charge in [-0.3, -0.25) is 4.79 Å². The Labute approximate surface area is 171 Å². The fourth-order valence-corrected chi connectivity index (χ4v) is 5.06. The van der Waals surface area contributed by atoms with Gasteiger partial charge in [-0.05, 0) is 37.6 Å². The van der Waals surface area contributed by atoms with E-state index in [0.717, 1.165) is 5.56 Å². The topological polar surface area (TPSA) is 76.2 Å². The zero-order valence-corrected chi connectivity index (χ0v) is 17.7. The van der Waals surface area contributed by atoms with E-state index in [1.807, 2.05) is 25.1 Å². The third-order valence-corrected chi connectivity index (χ3v) is 6.92. The van der Waals surface area contributed by atoms with Gasteiger partial charge in [-0.2, -0.15) is 4.31 Å². The van der Waals surface area contributed by atoms with E-state index in [-0.39, 0.29) is 23.1 Å². The number of hydrogen-bond donors (Lipinski definition) is 0. The van der Waals surface area contributed by atoms with E-state index >= 15 is 0 Å². The van der Waals surface area contributed by atoms with Crippen LogP contribution in [-0.4, -0.2) is 63.9 Å². The van der Waals surface area contributed by atoms with Gasteiger partial charge >= 0.3 is 0 Å². The van der Waals surface area contributed by atoms with E-state index < -0.39 is 10.0 Å². The van der Waals surface area contributed by atoms with E-state index in [0.29, 0.717) is 37.4 Å². The SMILES string of the molecule is COc1ccc(OC)c(S(=O)(=O)N2CCCN(C(=O)c3cccc(C)c3)CC2)c1. The van der Waals surface area contributed by atoms with Crippen molar-refractivity contribution in [3.05, 3.63) is 53.6 Å². The molecule has 0 saturated carbocycles. The number of carbonyl (C=O) groups is 1. The molecule has 0 unspecified atom stereocenters. The molecule has 0 aromatic heterocycles. The molecule has 0 N–H and O–H groups in total. The molecule has 1 aliphatic heterocycles. The molecule has 3 rings (SSSR count). The second kappa shape index (κ2) is 8.84. The Kier molecular flexibility index (Phi) is 6.44. The molecule has 0 radical (unpaired) electrons. The van der Waals surface area contributed by atoms with Gasteiger partial charge in [0.2, 0.25) is 10.0 Å². The third kappa shape index (κ3) is 4.54. The molecular formula is C21H26N2O5S. The van der Waals surface area contributed by atoms with Crippen molar-refractivity contribution in [1.82, 2.24) is 9.21 Å². The number of aryl methyl sites for hydroxylation is 1. The molecular weight excluding hydrogens is 392 g/mol. The van der Waals surface area contributed by atoms with Gasteiger partial charge in [0, 0.05) is 37.8 Å². The second-order valence-corrected chi connectivity index (χ2v) is 8.84. The summed E-state index contributed by atoms with van der Waals surface area (Å²) in [5.74, 6) is 0.630. The van der Waals surface area contributed by atoms with Crippen LogP contribution < -0.4 is 9.47 Å². The van der Waals surface area contributed by atoms with Crippen LogP contribution in [0.1, 0.15) is 22.3 Å². The molecule has 0 aliphatic carbocycles. The molecule has 7 nitrogen and oxygen atoms in total. The lowest BCUT2D eigenvalue weighted by molar-refractivity contribution is 0.0764. The lowest BCUT2D eigenvalue weighted by Crippen LogP contribution is -2.37. The lowest BCUT2D eigenvalue weighted by atomic mass is 10.1. The van der Waals surface area contributed by atoms with Gasteiger partial charge in [0.05, 0.1) is 14.2 Å². The summed E-state index contributed by atoms with van der Waals surface area (Å²) < 4.78 is 38.4. The minimum Gasteiger partial charge on any atom is -0.497 e. The number of nitrogens with zero attached hydrogens (tertiary/aromatic N) is 2. The summed E-state index contributed by atoms with van der Waals surface area (Å²) in [5, 5.41) is 0. The van der Waals surface area contributed by atoms with Crippen LogP contribution in [0.2, 0.25) is 0 Å². The first-order chi connectivity index (χ1) is 13.9. The van der Waals surface area contributed by atoms with Crippen LogP contribution in [0.25, 0.3) is 0 Å². The number of ether oxygens (including phenoxy) is 2. The summed E-state index contributed by atoms with van der Waals surface area (Å²) in [6.45, 7) is 3.34. The zero-order chi connectivity index (χ0) is 21.0. The predicted molar refractivity (Wildman–Crippen MR) is 110 cm³/mol. The molecule has 2 aromatic rings. The lowest BCUT2D eigenvalue weighted by Gasteiger charge is -2.23. The fraction of sp³-hybridized carbons (Fsp3) is 0.381. The Morgan fingerprint density at radius 1 is 0.966 bits per heavy atom. The van der Waals surface area contributed by atoms with Gasteiger partial charge in [-0.15, -0.1) is 0 Å². The molecule has 1 saturated heterocycles. The number of sulfonamides is 1. The van der Waals surface area contributed by atoms with Crippen molar-refractivity contribution in [2.45, 2.75) is 18.2 Å². The van der Waals surface area contributed by atoms with Crippen molar-refractivity contribution >= 4 is 15.9 Å². The highest BCUT2D eigenvalue weighted by Crippen LogP contribution is 2.31. The third-order valence-electron chi connectivity index (χ3n) is 5.00. The molecule has 29 heavy (non-hydrogen) atoms. The van der Waals surface area contributed by atoms with Gasteiger partial charge in [0.25, 0.3) is 5.91 Å². The van der Waals surface area contributed by atoms with Crippen molar-refractivity contribution in [2.75, 3.05) is 40.4 Å². The van der Waals surface area contributed by atoms with Crippen LogP contribution in [0, 0.1) is 6.92 Å². The number of carbonyl (C=O) groups excluding carboxylic acids is 1. The molecule has 1 heterocycles. The summed E-state index contributed by atoms with van der Waals surface area (Å²) in [6, 6.07) is 12.1. The largest absolute Gasteiger partial charge is 0.497 e. The molecule has 0 spiro atoms. The normalized spacial score (nSPS) is 15.6. The number of methoxy groups -OCH3 is 2. The van der Waals surface area contributed by atoms with Crippen LogP contribution in [0.3, 0.4) is 0 Å². The highest BCUT2D eigenvalue weighted by atomic mass is 32.2. The Balaban J connectivity index is 1.81. The maximum absolute atomic E-state index is 13.3. The van der Waals surface area contributed by atoms with Crippen LogP contribution in [0.15, 0.2) is 47.4 Å². The van der Waals surface area contributed by atoms with Gasteiger partial charge in [0.1, 0.15) is 16.4 Å². The van der Waals surface area contributed by atoms with Crippen LogP contribution in [0.5, 0.6) is 11.5 Å². The van der Waals surface area contributed by atoms with Crippen LogP contribution >= 0.6 is 0 Å². The minimum absolute atomic E-state index is 0.0674. The molecule has 1 aliphatic rings. The van der Waals surface area contributed by atoms with E-state index in [9.17, 15) is 13.2 Å². The van der Waals surface area contributed by atoms with E-state index in [4.69, 9.17) is 9.47 Å². The van der Waals surface area contributed by atoms with Gasteiger partial charge < -0.3 is 14.4 Å². The van der Waals surface area contributed by atoms with Crippen molar-refractivity contribution < 1.29 is 22.7 Å². The quantitative estimate of drug-likeness (QED) is 0.746. The molecule has 2 aromatic carbocycles. The van der Waals surface area contributed by atoms with E-state index in [1.165, 1.54) is 24.6 Å². The van der Waals surface area contributed by atoms with E-state index in [1.54, 1.807) is 23.1 Å². The van der Waals surface area contributed by atoms with E-state index in [2.05, 4.69) is 0 Å². The second-order valence-electron chi connectivity index (χ2n) is 6.94. The molecule has 1 amide bonds. The van der Waals surface area contributed by atoms with Crippen LogP contribution in [0.4, 0.5) is 0 Å². The first kappa shape index (κ1) is 21.1. The average molecular weight is 419 g/mol. The van der Waals surface area contributed by atoms with Gasteiger partial charge in [0.15, 0.2) is 0 Å². The van der Waals surface area contributed by atoms with Crippen molar-refractivity contribution in [2.24, 2.45) is 0 Å². The summed E-state index contributed by atoms with van der Waals surface area (Å²) in [5.41, 5.74) is 1.63. The molecule has 156 valence electrons. The van der Waals surface area contributed by atoms with Gasteiger partial charge in [-0.25, -0.2) is 8.42 Å². The molecule has 1 fully saturated rings. The highest BCUT2D eigenvalue weighted by molar-refractivity contribution is 7.89. The summed E-state index contributed by atoms with van der Waals surface area (Å²) in [6.07, 6.45) is 0.559. The standard InChI is InChI=1S/C21H26N2O5S/c1-16-6-4-7-17(14-16)21(24)22-10-5-11-23(13-12-22)29(25,26)20-15-18(27-2)8-9-19(20)28-3/h4,6-9,14-15H,5,10-13H2,1-3H3. The Morgan fingerprint density at radius 3 is 2.45 bits per heavy atom. The first-order valence-corrected chi connectivity index (χ1v) is 10.9. The number of benzene rings is 2. The monoisotopic (exact) mass is 418 g/mol. The smallest absolute Gasteiger partial charge is 0.253 e. The maximum atomic E-state index is 13.3. The van der Waals surface area contributed by atoms with Crippen molar-refractivity contribution in [3.8, 4) is 11.5 Å². The van der Waals surface area contributed by atoms with Gasteiger partial charge in [-0.1, -0.05) is 17.7 Å². The highest BCUT2D eigenvalue weighted by Gasteiger charge is 2.31. The maximum Gasteiger partial charge on any atom is 0.253 e. The molecule has 0 bridgehead atoms. The average Bonchev–Trinajstić information content (AvgIpc) is 2.99. The van der Waals surface area contributed by atoms with Crippen molar-refractivity contribution in [3.63, 3.8) is 0 Å². The Morgan fingerprint density at radius 2 is 1.76 bits per heavy atom. The molecule has 8 heteroatoms.